The predicted octanol–water partition coefficient (Wildman–Crippen LogP) is 4.70. The minimum atomic E-state index is -1.46. The van der Waals surface area contributed by atoms with Gasteiger partial charge in [0, 0.05) is 81.3 Å². The number of aromatic nitrogens is 5. The molecule has 0 radical (unpaired) electrons. The summed E-state index contributed by atoms with van der Waals surface area (Å²) in [4.78, 5) is 19.5. The average Bonchev–Trinajstić information content (AvgIpc) is 1.61. The van der Waals surface area contributed by atoms with Crippen LogP contribution in [0.25, 0.3) is 0 Å². The summed E-state index contributed by atoms with van der Waals surface area (Å²) in [5, 5.41) is 26.1. The van der Waals surface area contributed by atoms with Crippen molar-refractivity contribution in [2.45, 2.75) is 196 Å². The molecule has 5 aromatic heterocycles. The van der Waals surface area contributed by atoms with Crippen molar-refractivity contribution in [2.75, 3.05) is 35.5 Å². The molecule has 0 atom stereocenters. The number of rotatable bonds is 14. The zero-order chi connectivity index (χ0) is 69.3. The summed E-state index contributed by atoms with van der Waals surface area (Å²) in [6, 6.07) is 19.6. The van der Waals surface area contributed by atoms with Gasteiger partial charge in [-0.05, 0) is 193 Å². The predicted molar refractivity (Wildman–Crippen MR) is 366 cm³/mol. The number of methoxy groups -OCH3 is 4. The molecule has 0 saturated carbocycles. The molecule has 0 aliphatic carbocycles. The van der Waals surface area contributed by atoms with Crippen molar-refractivity contribution in [2.24, 2.45) is 0 Å². The van der Waals surface area contributed by atoms with E-state index in [1.54, 1.807) is 76.4 Å². The third kappa shape index (κ3) is 35.8. The summed E-state index contributed by atoms with van der Waals surface area (Å²) in [6.45, 7) is 41.8. The zero-order valence-electron chi connectivity index (χ0n) is 59.5. The number of halogens is 3. The van der Waals surface area contributed by atoms with Crippen molar-refractivity contribution >= 4 is 90.0 Å². The Labute approximate surface area is 608 Å². The van der Waals surface area contributed by atoms with Crippen LogP contribution in [0, 0.1) is 6.92 Å². The third-order valence-electron chi connectivity index (χ3n) is 13.5. The Morgan fingerprint density at radius 1 is 0.522 bits per heavy atom. The Kier molecular flexibility index (Phi) is 47.7. The minimum absolute atomic E-state index is 0. The number of nitrogens with zero attached hydrogens (tertiary/aromatic N) is 5. The molecule has 3 aliphatic rings. The summed E-state index contributed by atoms with van der Waals surface area (Å²) < 4.78 is 73.3. The first-order valence-electron chi connectivity index (χ1n) is 29.3. The van der Waals surface area contributed by atoms with Crippen LogP contribution in [0.5, 0.6) is 23.5 Å². The first-order chi connectivity index (χ1) is 41.8. The number of ether oxygens (including phenoxy) is 4. The van der Waals surface area contributed by atoms with Crippen molar-refractivity contribution in [1.82, 2.24) is 24.9 Å². The molecule has 21 nitrogen and oxygen atoms in total. The topological polar surface area (TPSA) is 248 Å². The SMILES string of the molecule is CC(C)OB(OC(C)C)OC(C)C.CC1(C)OB(B2OC(C)(C)C(C)(C)O2)OC1(C)C.COc1ccc(B(O)O)cn1.COc1ccc(B2OC(C)(C)C(C)(C)O2)cn1.COc1ccc(Br)cn1.COc1ccccn1.C[O-].Clc1ccc(Br)cn1.[CH2-]CCC.[Li+].[Na+]. The molecule has 3 saturated heterocycles. The Balaban J connectivity index is -0.00000100. The molecule has 8 heterocycles. The molecule has 0 spiro atoms. The van der Waals surface area contributed by atoms with E-state index in [1.165, 1.54) is 25.8 Å². The van der Waals surface area contributed by atoms with Crippen LogP contribution in [0.15, 0.2) is 107 Å². The fourth-order valence-corrected chi connectivity index (χ4v) is 6.95. The van der Waals surface area contributed by atoms with E-state index in [4.69, 9.17) is 87.6 Å². The number of hydrogen-bond acceptors (Lipinski definition) is 21. The van der Waals surface area contributed by atoms with Crippen LogP contribution in [0.4, 0.5) is 0 Å². The standard InChI is InChI=1S/C12H24B2O4.C12H18BNO3.C9H21BO3.C6H8BNO3.C6H6BrNO.C6H7NO.C5H3BrClN.C4H9.CH3O.Li.Na/c1-9(2)10(3,4)16-13(15-9)14-17-11(5,6)12(7,8)18-14;1-11(2)12(3,4)17-13(16-11)9-6-7-10(15-5)14-8-9;1-7(2)11-10(12-8(3)4)13-9(5)6;1-11-6-3-2-5(4-8-6)7(9)10;1-9-6-3-2-5(7)4-8-6;1-8-6-4-2-3-5-7-6;6-4-1-2-5(7)8-3-4;1-3-4-2;1-2;;/h1-8H3;6-8H,1-5H3;7-9H,1-6H3;2-4,9-10H,1H3;2-4H,1H3;2-5H,1H3;1-3H;1,3-4H2,2H3;1H3;;/q;;;;;;;2*-1;2*+1. The molecule has 92 heavy (non-hydrogen) atoms. The van der Waals surface area contributed by atoms with Gasteiger partial charge in [-0.3, -0.25) is 0 Å². The van der Waals surface area contributed by atoms with Gasteiger partial charge < -0.3 is 82.9 Å². The first kappa shape index (κ1) is 93.8. The Morgan fingerprint density at radius 2 is 0.859 bits per heavy atom. The average molecular weight is 1440 g/mol. The summed E-state index contributed by atoms with van der Waals surface area (Å²) >= 11 is 12.0. The fourth-order valence-electron chi connectivity index (χ4n) is 6.37. The van der Waals surface area contributed by atoms with E-state index in [0.717, 1.165) is 27.9 Å². The molecule has 0 bridgehead atoms. The minimum Gasteiger partial charge on any atom is -0.857 e. The molecule has 3 fully saturated rings. The third-order valence-corrected chi connectivity index (χ3v) is 14.6. The second-order valence-electron chi connectivity index (χ2n) is 23.4. The Morgan fingerprint density at radius 3 is 1.11 bits per heavy atom. The maximum atomic E-state index is 8.66. The monoisotopic (exact) mass is 1440 g/mol. The summed E-state index contributed by atoms with van der Waals surface area (Å²) in [5.74, 6) is 2.34. The fraction of sp³-hybridized carbons (Fsp3) is 0.574. The Hall–Kier alpha value is -2.36. The molecule has 31 heteroatoms. The van der Waals surface area contributed by atoms with E-state index in [2.05, 4.69) is 70.6 Å². The van der Waals surface area contributed by atoms with Gasteiger partial charge in [-0.2, -0.15) is 13.5 Å². The van der Waals surface area contributed by atoms with Gasteiger partial charge in [-0.15, -0.1) is 0 Å². The van der Waals surface area contributed by atoms with Crippen LogP contribution in [0.2, 0.25) is 5.15 Å². The van der Waals surface area contributed by atoms with Gasteiger partial charge in [0.15, 0.2) is 0 Å². The zero-order valence-corrected chi connectivity index (χ0v) is 65.4. The van der Waals surface area contributed by atoms with Gasteiger partial charge in [0.25, 0.3) is 0 Å². The summed E-state index contributed by atoms with van der Waals surface area (Å²) in [5.41, 5.74) is -0.824. The van der Waals surface area contributed by atoms with E-state index in [-0.39, 0.29) is 107 Å². The van der Waals surface area contributed by atoms with Gasteiger partial charge in [-0.1, -0.05) is 43.1 Å². The number of pyridine rings is 5. The number of hydrogen-bond donors (Lipinski definition) is 2. The molecule has 5 aromatic rings. The molecule has 0 unspecified atom stereocenters. The van der Waals surface area contributed by atoms with Crippen LogP contribution in [-0.4, -0.2) is 158 Å². The second kappa shape index (κ2) is 46.8. The largest absolute Gasteiger partial charge is 1.00 e. The van der Waals surface area contributed by atoms with E-state index < -0.39 is 28.5 Å². The second-order valence-corrected chi connectivity index (χ2v) is 25.6. The van der Waals surface area contributed by atoms with Crippen LogP contribution >= 0.6 is 43.5 Å². The van der Waals surface area contributed by atoms with Crippen LogP contribution in [0.3, 0.4) is 0 Å². The van der Waals surface area contributed by atoms with Gasteiger partial charge in [0.2, 0.25) is 23.5 Å². The molecule has 2 N–H and O–H groups in total. The molecule has 3 aliphatic heterocycles. The van der Waals surface area contributed by atoms with Crippen LogP contribution in [0.1, 0.15) is 144 Å². The van der Waals surface area contributed by atoms with Crippen molar-refractivity contribution in [3.63, 3.8) is 0 Å². The maximum Gasteiger partial charge on any atom is 1.00 e. The molecule has 0 aromatic carbocycles. The van der Waals surface area contributed by atoms with E-state index >= 15 is 0 Å². The summed E-state index contributed by atoms with van der Waals surface area (Å²) in [6.07, 6.45) is 10.7. The summed E-state index contributed by atoms with van der Waals surface area (Å²) in [7, 11) is 3.71. The van der Waals surface area contributed by atoms with E-state index in [0.29, 0.717) is 34.1 Å². The van der Waals surface area contributed by atoms with Gasteiger partial charge in [0.1, 0.15) is 5.15 Å². The quantitative estimate of drug-likeness (QED) is 0.0869. The van der Waals surface area contributed by atoms with Crippen molar-refractivity contribution in [3.05, 3.63) is 119 Å². The van der Waals surface area contributed by atoms with Crippen LogP contribution < -0.4 is 83.4 Å². The molecule has 502 valence electrons. The van der Waals surface area contributed by atoms with Gasteiger partial charge in [-0.25, -0.2) is 24.9 Å². The normalized spacial score (nSPS) is 15.9. The van der Waals surface area contributed by atoms with E-state index in [1.807, 2.05) is 155 Å². The van der Waals surface area contributed by atoms with Crippen molar-refractivity contribution in [3.8, 4) is 23.5 Å². The molecular weight excluding hydrogens is 1340 g/mol. The maximum absolute atomic E-state index is 8.66. The Bertz CT molecular complexity index is 2540. The van der Waals surface area contributed by atoms with Crippen molar-refractivity contribution < 1.29 is 124 Å². The van der Waals surface area contributed by atoms with Crippen molar-refractivity contribution in [1.29, 1.82) is 0 Å². The molecule has 0 amide bonds. The smallest absolute Gasteiger partial charge is 0.857 e. The molecular formula is C61H99B5Br2ClLiN5NaO16. The van der Waals surface area contributed by atoms with Gasteiger partial charge in [0.05, 0.1) is 62.0 Å². The van der Waals surface area contributed by atoms with Gasteiger partial charge >= 0.3 is 84.0 Å². The van der Waals surface area contributed by atoms with E-state index in [9.17, 15) is 0 Å². The molecule has 8 rings (SSSR count). The van der Waals surface area contributed by atoms with Crippen LogP contribution in [-0.2, 0) is 41.9 Å². The number of unbranched alkanes of at least 4 members (excludes halogenated alkanes) is 1. The first-order valence-corrected chi connectivity index (χ1v) is 31.3.